The molecule has 1 saturated carbocycles. The standard InChI is InChI=1S/C18H29N/c1-14(2)16-9-11-18(12-10-16)19-13-15(3)17-7-5-4-6-8-17/h4-8,14-16,18-19H,9-13H2,1-3H3. The van der Waals surface area contributed by atoms with Crippen LogP contribution in [-0.2, 0) is 0 Å². The van der Waals surface area contributed by atoms with Gasteiger partial charge < -0.3 is 5.32 Å². The van der Waals surface area contributed by atoms with Crippen LogP contribution in [0.5, 0.6) is 0 Å². The van der Waals surface area contributed by atoms with E-state index in [0.29, 0.717) is 5.92 Å². The van der Waals surface area contributed by atoms with Gasteiger partial charge in [0.15, 0.2) is 0 Å². The number of rotatable bonds is 5. The monoisotopic (exact) mass is 259 g/mol. The Morgan fingerprint density at radius 2 is 1.63 bits per heavy atom. The van der Waals surface area contributed by atoms with Crippen LogP contribution in [0, 0.1) is 11.8 Å². The quantitative estimate of drug-likeness (QED) is 0.815. The molecule has 19 heavy (non-hydrogen) atoms. The van der Waals surface area contributed by atoms with Crippen LogP contribution in [0.2, 0.25) is 0 Å². The van der Waals surface area contributed by atoms with Crippen LogP contribution in [-0.4, -0.2) is 12.6 Å². The summed E-state index contributed by atoms with van der Waals surface area (Å²) < 4.78 is 0. The molecule has 1 aliphatic rings. The van der Waals surface area contributed by atoms with Gasteiger partial charge in [-0.1, -0.05) is 51.1 Å². The van der Waals surface area contributed by atoms with Crippen molar-refractivity contribution in [2.75, 3.05) is 6.54 Å². The molecule has 2 rings (SSSR count). The molecule has 1 nitrogen and oxygen atoms in total. The summed E-state index contributed by atoms with van der Waals surface area (Å²) in [4.78, 5) is 0. The Morgan fingerprint density at radius 3 is 2.21 bits per heavy atom. The second-order valence-corrected chi connectivity index (χ2v) is 6.58. The van der Waals surface area contributed by atoms with Crippen LogP contribution in [0.15, 0.2) is 30.3 Å². The van der Waals surface area contributed by atoms with Gasteiger partial charge in [0.25, 0.3) is 0 Å². The lowest BCUT2D eigenvalue weighted by atomic mass is 9.79. The van der Waals surface area contributed by atoms with Gasteiger partial charge in [0.05, 0.1) is 0 Å². The minimum Gasteiger partial charge on any atom is -0.313 e. The minimum absolute atomic E-state index is 0.615. The first-order valence-electron chi connectivity index (χ1n) is 7.95. The molecular weight excluding hydrogens is 230 g/mol. The third-order valence-corrected chi connectivity index (χ3v) is 4.80. The molecule has 1 heteroatoms. The van der Waals surface area contributed by atoms with E-state index in [9.17, 15) is 0 Å². The predicted octanol–water partition coefficient (Wildman–Crippen LogP) is 4.59. The molecule has 0 amide bonds. The molecular formula is C18H29N. The Morgan fingerprint density at radius 1 is 1.00 bits per heavy atom. The van der Waals surface area contributed by atoms with E-state index in [-0.39, 0.29) is 0 Å². The first-order chi connectivity index (χ1) is 9.16. The maximum Gasteiger partial charge on any atom is 0.00675 e. The van der Waals surface area contributed by atoms with Crippen molar-refractivity contribution in [1.29, 1.82) is 0 Å². The lowest BCUT2D eigenvalue weighted by Crippen LogP contribution is -2.36. The van der Waals surface area contributed by atoms with Crippen LogP contribution in [0.3, 0.4) is 0 Å². The molecule has 1 atom stereocenters. The summed E-state index contributed by atoms with van der Waals surface area (Å²) in [6.45, 7) is 8.18. The zero-order chi connectivity index (χ0) is 13.7. The summed E-state index contributed by atoms with van der Waals surface area (Å²) in [6.07, 6.45) is 5.55. The molecule has 1 unspecified atom stereocenters. The van der Waals surface area contributed by atoms with Crippen molar-refractivity contribution in [2.24, 2.45) is 11.8 Å². The summed E-state index contributed by atoms with van der Waals surface area (Å²) in [5, 5.41) is 3.78. The minimum atomic E-state index is 0.615. The van der Waals surface area contributed by atoms with Gasteiger partial charge in [-0.15, -0.1) is 0 Å². The van der Waals surface area contributed by atoms with Gasteiger partial charge in [0.1, 0.15) is 0 Å². The highest BCUT2D eigenvalue weighted by molar-refractivity contribution is 5.19. The lowest BCUT2D eigenvalue weighted by Gasteiger charge is -2.32. The number of hydrogen-bond donors (Lipinski definition) is 1. The van der Waals surface area contributed by atoms with Crippen molar-refractivity contribution in [3.63, 3.8) is 0 Å². The second-order valence-electron chi connectivity index (χ2n) is 6.58. The van der Waals surface area contributed by atoms with Gasteiger partial charge in [-0.05, 0) is 49.0 Å². The Labute approximate surface area is 118 Å². The number of hydrogen-bond acceptors (Lipinski definition) is 1. The molecule has 0 aromatic heterocycles. The molecule has 0 bridgehead atoms. The third kappa shape index (κ3) is 4.35. The van der Waals surface area contributed by atoms with Gasteiger partial charge >= 0.3 is 0 Å². The first kappa shape index (κ1) is 14.6. The molecule has 1 fully saturated rings. The van der Waals surface area contributed by atoms with Crippen LogP contribution in [0.4, 0.5) is 0 Å². The second kappa shape index (κ2) is 7.09. The zero-order valence-corrected chi connectivity index (χ0v) is 12.7. The molecule has 0 spiro atoms. The van der Waals surface area contributed by atoms with Gasteiger partial charge in [-0.2, -0.15) is 0 Å². The molecule has 1 N–H and O–H groups in total. The fourth-order valence-corrected chi connectivity index (χ4v) is 3.23. The van der Waals surface area contributed by atoms with Crippen molar-refractivity contribution < 1.29 is 0 Å². The summed E-state index contributed by atoms with van der Waals surface area (Å²) in [5.41, 5.74) is 1.45. The first-order valence-corrected chi connectivity index (χ1v) is 7.95. The Bertz CT molecular complexity index is 349. The average Bonchev–Trinajstić information content (AvgIpc) is 2.46. The largest absolute Gasteiger partial charge is 0.313 e. The van der Waals surface area contributed by atoms with Crippen molar-refractivity contribution in [2.45, 2.75) is 58.4 Å². The number of benzene rings is 1. The fourth-order valence-electron chi connectivity index (χ4n) is 3.23. The van der Waals surface area contributed by atoms with Crippen LogP contribution >= 0.6 is 0 Å². The third-order valence-electron chi connectivity index (χ3n) is 4.80. The zero-order valence-electron chi connectivity index (χ0n) is 12.7. The van der Waals surface area contributed by atoms with E-state index >= 15 is 0 Å². The maximum atomic E-state index is 3.78. The van der Waals surface area contributed by atoms with Crippen molar-refractivity contribution in [1.82, 2.24) is 5.32 Å². The predicted molar refractivity (Wildman–Crippen MR) is 83.4 cm³/mol. The molecule has 1 aromatic rings. The summed E-state index contributed by atoms with van der Waals surface area (Å²) in [7, 11) is 0. The van der Waals surface area contributed by atoms with Gasteiger partial charge in [-0.25, -0.2) is 0 Å². The molecule has 1 aliphatic carbocycles. The Balaban J connectivity index is 1.72. The average molecular weight is 259 g/mol. The van der Waals surface area contributed by atoms with Crippen molar-refractivity contribution in [3.05, 3.63) is 35.9 Å². The highest BCUT2D eigenvalue weighted by atomic mass is 14.9. The summed E-state index contributed by atoms with van der Waals surface area (Å²) in [5.74, 6) is 2.44. The summed E-state index contributed by atoms with van der Waals surface area (Å²) >= 11 is 0. The highest BCUT2D eigenvalue weighted by Crippen LogP contribution is 2.30. The van der Waals surface area contributed by atoms with Crippen LogP contribution < -0.4 is 5.32 Å². The molecule has 106 valence electrons. The van der Waals surface area contributed by atoms with E-state index in [4.69, 9.17) is 0 Å². The number of nitrogens with one attached hydrogen (secondary N) is 1. The SMILES string of the molecule is CC(CNC1CCC(C(C)C)CC1)c1ccccc1. The van der Waals surface area contributed by atoms with Crippen LogP contribution in [0.25, 0.3) is 0 Å². The molecule has 0 heterocycles. The van der Waals surface area contributed by atoms with E-state index in [2.05, 4.69) is 56.4 Å². The highest BCUT2D eigenvalue weighted by Gasteiger charge is 2.23. The summed E-state index contributed by atoms with van der Waals surface area (Å²) in [6, 6.07) is 11.6. The smallest absolute Gasteiger partial charge is 0.00675 e. The van der Waals surface area contributed by atoms with E-state index in [1.165, 1.54) is 31.2 Å². The van der Waals surface area contributed by atoms with E-state index < -0.39 is 0 Å². The topological polar surface area (TPSA) is 12.0 Å². The van der Waals surface area contributed by atoms with Crippen LogP contribution in [0.1, 0.15) is 57.9 Å². The maximum absolute atomic E-state index is 3.78. The van der Waals surface area contributed by atoms with Gasteiger partial charge in [0.2, 0.25) is 0 Å². The van der Waals surface area contributed by atoms with E-state index in [1.54, 1.807) is 0 Å². The Kier molecular flexibility index (Phi) is 5.45. The fraction of sp³-hybridized carbons (Fsp3) is 0.667. The molecule has 1 aromatic carbocycles. The van der Waals surface area contributed by atoms with Gasteiger partial charge in [0, 0.05) is 12.6 Å². The van der Waals surface area contributed by atoms with E-state index in [0.717, 1.165) is 24.4 Å². The van der Waals surface area contributed by atoms with Crippen molar-refractivity contribution >= 4 is 0 Å². The molecule has 0 radical (unpaired) electrons. The molecule has 0 aliphatic heterocycles. The van der Waals surface area contributed by atoms with E-state index in [1.807, 2.05) is 0 Å². The van der Waals surface area contributed by atoms with Crippen molar-refractivity contribution in [3.8, 4) is 0 Å². The lowest BCUT2D eigenvalue weighted by molar-refractivity contribution is 0.238. The Hall–Kier alpha value is -0.820. The van der Waals surface area contributed by atoms with Gasteiger partial charge in [-0.3, -0.25) is 0 Å². The normalized spacial score (nSPS) is 25.5. The molecule has 0 saturated heterocycles.